The summed E-state index contributed by atoms with van der Waals surface area (Å²) in [4.78, 5) is 74.0. The van der Waals surface area contributed by atoms with Gasteiger partial charge in [0.15, 0.2) is 0 Å². The highest BCUT2D eigenvalue weighted by Crippen LogP contribution is 2.33. The maximum atomic E-state index is 14.2. The Kier molecular flexibility index (Phi) is 9.79. The van der Waals surface area contributed by atoms with Crippen LogP contribution in [0.5, 0.6) is 0 Å². The molecule has 1 unspecified atom stereocenters. The van der Waals surface area contributed by atoms with E-state index in [1.165, 1.54) is 47.2 Å². The van der Waals surface area contributed by atoms with Crippen LogP contribution in [-0.2, 0) is 24.8 Å². The quantitative estimate of drug-likeness (QED) is 0.263. The van der Waals surface area contributed by atoms with Crippen molar-refractivity contribution in [2.75, 3.05) is 6.54 Å². The van der Waals surface area contributed by atoms with E-state index in [2.05, 4.69) is 25.6 Å². The second kappa shape index (κ2) is 13.3. The topological polar surface area (TPSA) is 203 Å². The largest absolute Gasteiger partial charge is 0.384 e. The normalized spacial score (nSPS) is 20.5. The van der Waals surface area contributed by atoms with Crippen molar-refractivity contribution in [3.05, 3.63) is 42.0 Å². The smallest absolute Gasteiger partial charge is 0.287 e. The number of primary amides is 1. The number of aromatic nitrogens is 4. The average molecular weight is 595 g/mol. The maximum absolute atomic E-state index is 14.2. The first-order valence-corrected chi connectivity index (χ1v) is 14.5. The van der Waals surface area contributed by atoms with E-state index in [0.29, 0.717) is 5.69 Å². The summed E-state index contributed by atoms with van der Waals surface area (Å²) >= 11 is 0. The Labute approximate surface area is 249 Å². The lowest BCUT2D eigenvalue weighted by Gasteiger charge is -2.27. The summed E-state index contributed by atoms with van der Waals surface area (Å²) in [5.74, 6) is -3.89. The summed E-state index contributed by atoms with van der Waals surface area (Å²) in [6.45, 7) is 4.47. The summed E-state index contributed by atoms with van der Waals surface area (Å²) in [5.41, 5.74) is 4.49. The summed E-state index contributed by atoms with van der Waals surface area (Å²) < 4.78 is 1.48. The van der Waals surface area contributed by atoms with Crippen LogP contribution in [0.1, 0.15) is 87.8 Å². The average Bonchev–Trinajstić information content (AvgIpc) is 3.65. The van der Waals surface area contributed by atoms with Gasteiger partial charge in [0.1, 0.15) is 17.4 Å². The lowest BCUT2D eigenvalue weighted by molar-refractivity contribution is -0.139. The zero-order chi connectivity index (χ0) is 31.3. The van der Waals surface area contributed by atoms with Gasteiger partial charge in [-0.1, -0.05) is 37.3 Å². The highest BCUT2D eigenvalue weighted by molar-refractivity contribution is 6.41. The summed E-state index contributed by atoms with van der Waals surface area (Å²) in [7, 11) is 0. The predicted molar refractivity (Wildman–Crippen MR) is 153 cm³/mol. The third-order valence-corrected chi connectivity index (χ3v) is 8.00. The van der Waals surface area contributed by atoms with E-state index in [9.17, 15) is 29.1 Å². The second-order valence-corrected chi connectivity index (χ2v) is 11.8. The molecule has 1 saturated heterocycles. The second-order valence-electron chi connectivity index (χ2n) is 11.8. The molecule has 4 N–H and O–H groups in total. The van der Waals surface area contributed by atoms with Gasteiger partial charge in [-0.05, 0) is 45.2 Å². The summed E-state index contributed by atoms with van der Waals surface area (Å²) in [6, 6.07) is 0.125. The number of ketones is 1. The van der Waals surface area contributed by atoms with E-state index >= 15 is 0 Å². The molecule has 230 valence electrons. The van der Waals surface area contributed by atoms with Crippen molar-refractivity contribution in [3.8, 4) is 0 Å². The molecular weight excluding hydrogens is 556 g/mol. The van der Waals surface area contributed by atoms with Crippen LogP contribution in [0.4, 0.5) is 0 Å². The molecule has 2 aromatic heterocycles. The fraction of sp³-hybridized carbons (Fsp3) is 0.552. The number of hydrogen-bond acceptors (Lipinski definition) is 9. The molecule has 0 radical (unpaired) electrons. The van der Waals surface area contributed by atoms with Crippen LogP contribution >= 0.6 is 0 Å². The number of rotatable bonds is 10. The van der Waals surface area contributed by atoms with Crippen molar-refractivity contribution in [2.45, 2.75) is 89.4 Å². The van der Waals surface area contributed by atoms with Gasteiger partial charge >= 0.3 is 0 Å². The third-order valence-electron chi connectivity index (χ3n) is 8.00. The number of nitrogens with zero attached hydrogens (tertiary/aromatic N) is 6. The van der Waals surface area contributed by atoms with Gasteiger partial charge in [0.2, 0.25) is 11.7 Å². The van der Waals surface area contributed by atoms with E-state index in [4.69, 9.17) is 5.73 Å². The molecule has 1 aliphatic heterocycles. The molecule has 14 nitrogen and oxygen atoms in total. The molecule has 2 aliphatic rings. The number of likely N-dealkylation sites (tertiary alicyclic amines) is 1. The Morgan fingerprint density at radius 1 is 1.14 bits per heavy atom. The van der Waals surface area contributed by atoms with Gasteiger partial charge in [-0.2, -0.15) is 0 Å². The van der Waals surface area contributed by atoms with Gasteiger partial charge in [0.25, 0.3) is 17.7 Å². The number of carbonyl (C=O) groups is 5. The third kappa shape index (κ3) is 7.55. The minimum absolute atomic E-state index is 0.00532. The lowest BCUT2D eigenvalue weighted by atomic mass is 9.85. The zero-order valence-corrected chi connectivity index (χ0v) is 24.6. The number of Topliss-reactive ketones (excluding diaryl/α,β-unsaturated/α-hetero) is 1. The van der Waals surface area contributed by atoms with Gasteiger partial charge in [0.05, 0.1) is 24.0 Å². The number of aliphatic hydroxyl groups is 1. The number of nitrogens with one attached hydrogen (secondary N) is 1. The molecule has 2 aromatic rings. The maximum Gasteiger partial charge on any atom is 0.287 e. The van der Waals surface area contributed by atoms with Crippen LogP contribution in [0, 0.1) is 5.92 Å². The van der Waals surface area contributed by atoms with Gasteiger partial charge in [-0.25, -0.2) is 9.67 Å². The molecule has 0 bridgehead atoms. The van der Waals surface area contributed by atoms with Gasteiger partial charge in [0, 0.05) is 30.9 Å². The standard InChI is InChI=1S/C29H38N8O6/c1-17(24(38)25(30)39)33-27(41)22-14-20(37-23(15-32-35-37)29(2,3)43)16-36(22)28(42)21(13-18-7-5-4-6-8-18)34-26(40)19-9-11-31-12-10-19/h9-12,15,17-18,20,22,43H,4-8,13-14,16H2,1-3H3,(H2,30,39)(H,33,41)/t17?,20-,22-/m0/s1. The number of amides is 4. The molecule has 14 heteroatoms. The lowest BCUT2D eigenvalue weighted by Crippen LogP contribution is -2.52. The van der Waals surface area contributed by atoms with E-state index in [1.54, 1.807) is 13.8 Å². The first-order chi connectivity index (χ1) is 20.4. The first kappa shape index (κ1) is 31.6. The van der Waals surface area contributed by atoms with Crippen molar-refractivity contribution in [3.63, 3.8) is 0 Å². The zero-order valence-electron chi connectivity index (χ0n) is 24.6. The molecule has 3 heterocycles. The monoisotopic (exact) mass is 594 g/mol. The van der Waals surface area contributed by atoms with Gasteiger partial charge in [-0.3, -0.25) is 29.0 Å². The van der Waals surface area contributed by atoms with Crippen molar-refractivity contribution < 1.29 is 29.1 Å². The van der Waals surface area contributed by atoms with Crippen LogP contribution < -0.4 is 11.1 Å². The van der Waals surface area contributed by atoms with Crippen LogP contribution in [0.2, 0.25) is 0 Å². The fourth-order valence-corrected chi connectivity index (χ4v) is 5.70. The minimum atomic E-state index is -1.31. The van der Waals surface area contributed by atoms with Crippen molar-refractivity contribution in [1.82, 2.24) is 30.2 Å². The Hall–Kier alpha value is -4.33. The van der Waals surface area contributed by atoms with Crippen LogP contribution in [0.3, 0.4) is 0 Å². The molecule has 1 aliphatic carbocycles. The molecule has 43 heavy (non-hydrogen) atoms. The molecule has 4 amide bonds. The van der Waals surface area contributed by atoms with Crippen molar-refractivity contribution in [2.24, 2.45) is 16.6 Å². The van der Waals surface area contributed by atoms with E-state index in [-0.39, 0.29) is 36.6 Å². The summed E-state index contributed by atoms with van der Waals surface area (Å²) in [6.07, 6.45) is 9.58. The Balaban J connectivity index is 1.69. The summed E-state index contributed by atoms with van der Waals surface area (Å²) in [5, 5.41) is 21.2. The first-order valence-electron chi connectivity index (χ1n) is 14.5. The molecule has 3 atom stereocenters. The van der Waals surface area contributed by atoms with E-state index < -0.39 is 53.1 Å². The van der Waals surface area contributed by atoms with E-state index in [1.807, 2.05) is 0 Å². The number of carbonyl (C=O) groups excluding carboxylic acids is 5. The van der Waals surface area contributed by atoms with Crippen LogP contribution in [0.25, 0.3) is 0 Å². The Morgan fingerprint density at radius 2 is 1.81 bits per heavy atom. The van der Waals surface area contributed by atoms with Crippen molar-refractivity contribution in [1.29, 1.82) is 0 Å². The minimum Gasteiger partial charge on any atom is -0.384 e. The molecule has 0 aromatic carbocycles. The number of aliphatic imine (C=N–C) groups is 1. The number of nitrogens with two attached hydrogens (primary N) is 1. The molecule has 0 spiro atoms. The molecule has 2 fully saturated rings. The number of pyridine rings is 1. The molecular formula is C29H38N8O6. The van der Waals surface area contributed by atoms with Crippen molar-refractivity contribution >= 4 is 35.1 Å². The van der Waals surface area contributed by atoms with Crippen LogP contribution in [-0.4, -0.2) is 83.7 Å². The molecule has 4 rings (SSSR count). The Bertz CT molecular complexity index is 1390. The van der Waals surface area contributed by atoms with Gasteiger partial charge < -0.3 is 21.1 Å². The molecule has 1 saturated carbocycles. The van der Waals surface area contributed by atoms with Gasteiger partial charge in [-0.15, -0.1) is 5.10 Å². The van der Waals surface area contributed by atoms with Crippen LogP contribution in [0.15, 0.2) is 35.7 Å². The SMILES string of the molecule is CC(NC(=O)[C@@H]1C[C@H](n2nncc2C(C)(C)O)CN1C(=O)C(CC1CCCCC1)=NC(=O)c1ccncc1)C(=O)C(N)=O. The highest BCUT2D eigenvalue weighted by atomic mass is 16.3. The Morgan fingerprint density at radius 3 is 2.44 bits per heavy atom. The van der Waals surface area contributed by atoms with E-state index in [0.717, 1.165) is 32.1 Å². The number of hydrogen-bond donors (Lipinski definition) is 3. The fourth-order valence-electron chi connectivity index (χ4n) is 5.70. The highest BCUT2D eigenvalue weighted by Gasteiger charge is 2.44. The predicted octanol–water partition coefficient (Wildman–Crippen LogP) is 0.853.